The molecule has 0 amide bonds. The van der Waals surface area contributed by atoms with Gasteiger partial charge in [0.05, 0.1) is 24.4 Å². The lowest BCUT2D eigenvalue weighted by molar-refractivity contribution is -0.219. The fourth-order valence-electron chi connectivity index (χ4n) is 3.30. The highest BCUT2D eigenvalue weighted by Crippen LogP contribution is 2.31. The van der Waals surface area contributed by atoms with E-state index in [-0.39, 0.29) is 12.0 Å². The molecule has 0 bridgehead atoms. The van der Waals surface area contributed by atoms with Crippen molar-refractivity contribution < 1.29 is 20.1 Å². The molecule has 1 saturated heterocycles. The van der Waals surface area contributed by atoms with E-state index in [0.29, 0.717) is 12.8 Å². The van der Waals surface area contributed by atoms with E-state index in [0.717, 1.165) is 12.8 Å². The first-order valence-electron chi connectivity index (χ1n) is 8.72. The third kappa shape index (κ3) is 5.51. The zero-order valence-electron chi connectivity index (χ0n) is 13.9. The molecule has 1 fully saturated rings. The van der Waals surface area contributed by atoms with Gasteiger partial charge >= 0.3 is 0 Å². The third-order valence-electron chi connectivity index (χ3n) is 4.77. The first-order chi connectivity index (χ1) is 10.0. The average Bonchev–Trinajstić information content (AvgIpc) is 2.47. The van der Waals surface area contributed by atoms with E-state index < -0.39 is 24.4 Å². The fourth-order valence-corrected chi connectivity index (χ4v) is 3.30. The summed E-state index contributed by atoms with van der Waals surface area (Å²) in [5, 5.41) is 30.4. The Morgan fingerprint density at radius 1 is 0.952 bits per heavy atom. The lowest BCUT2D eigenvalue weighted by Gasteiger charge is -2.43. The van der Waals surface area contributed by atoms with Crippen molar-refractivity contribution in [3.05, 3.63) is 0 Å². The van der Waals surface area contributed by atoms with Gasteiger partial charge in [0.2, 0.25) is 0 Å². The molecule has 0 radical (unpaired) electrons. The van der Waals surface area contributed by atoms with Crippen molar-refractivity contribution in [2.24, 2.45) is 5.92 Å². The predicted molar refractivity (Wildman–Crippen MR) is 84.1 cm³/mol. The van der Waals surface area contributed by atoms with Crippen molar-refractivity contribution in [2.45, 2.75) is 103 Å². The number of hydrogen-bond donors (Lipinski definition) is 3. The Bertz CT molecular complexity index is 272. The van der Waals surface area contributed by atoms with Gasteiger partial charge in [-0.2, -0.15) is 0 Å². The van der Waals surface area contributed by atoms with Gasteiger partial charge in [-0.15, -0.1) is 0 Å². The fraction of sp³-hybridized carbons (Fsp3) is 1.00. The van der Waals surface area contributed by atoms with Crippen LogP contribution in [-0.2, 0) is 4.74 Å². The van der Waals surface area contributed by atoms with Gasteiger partial charge in [0.25, 0.3) is 0 Å². The summed E-state index contributed by atoms with van der Waals surface area (Å²) in [6.07, 6.45) is 5.57. The van der Waals surface area contributed by atoms with Crippen LogP contribution in [0.2, 0.25) is 0 Å². The molecule has 1 heterocycles. The van der Waals surface area contributed by atoms with Gasteiger partial charge in [0.1, 0.15) is 6.10 Å². The lowest BCUT2D eigenvalue weighted by atomic mass is 9.82. The molecule has 0 saturated carbocycles. The van der Waals surface area contributed by atoms with Crippen LogP contribution < -0.4 is 0 Å². The first-order valence-corrected chi connectivity index (χ1v) is 8.72. The van der Waals surface area contributed by atoms with Crippen LogP contribution in [-0.4, -0.2) is 45.8 Å². The molecule has 1 aliphatic rings. The molecule has 1 aliphatic heterocycles. The maximum Gasteiger partial charge on any atom is 0.106 e. The Kier molecular flexibility index (Phi) is 8.79. The molecule has 0 aliphatic carbocycles. The molecule has 4 nitrogen and oxygen atoms in total. The molecule has 21 heavy (non-hydrogen) atoms. The van der Waals surface area contributed by atoms with Crippen LogP contribution in [0.3, 0.4) is 0 Å². The van der Waals surface area contributed by atoms with E-state index >= 15 is 0 Å². The summed E-state index contributed by atoms with van der Waals surface area (Å²) in [7, 11) is 0. The van der Waals surface area contributed by atoms with E-state index in [1.165, 1.54) is 25.7 Å². The van der Waals surface area contributed by atoms with Crippen molar-refractivity contribution in [3.63, 3.8) is 0 Å². The minimum atomic E-state index is -0.854. The van der Waals surface area contributed by atoms with Crippen LogP contribution in [0.15, 0.2) is 0 Å². The second-order valence-electron chi connectivity index (χ2n) is 6.48. The largest absolute Gasteiger partial charge is 0.390 e. The van der Waals surface area contributed by atoms with Crippen molar-refractivity contribution in [1.29, 1.82) is 0 Å². The number of hydrogen-bond acceptors (Lipinski definition) is 4. The molecule has 1 rings (SSSR count). The topological polar surface area (TPSA) is 69.9 Å². The highest BCUT2D eigenvalue weighted by molar-refractivity contribution is 4.92. The summed E-state index contributed by atoms with van der Waals surface area (Å²) < 4.78 is 5.77. The number of aliphatic hydroxyl groups excluding tert-OH is 3. The van der Waals surface area contributed by atoms with E-state index in [2.05, 4.69) is 6.92 Å². The molecule has 6 atom stereocenters. The molecular formula is C17H34O4. The second kappa shape index (κ2) is 9.78. The van der Waals surface area contributed by atoms with Crippen LogP contribution in [0.25, 0.3) is 0 Å². The normalized spacial score (nSPS) is 34.9. The standard InChI is InChI=1S/C17H34O4/c1-4-6-7-8-9-10-11-14(18)17-13(5-2)16(20)15(19)12(3)21-17/h12-20H,4-11H2,1-3H3/t12?,13?,14-,15?,16?,17?/m1/s1. The molecule has 0 aromatic rings. The summed E-state index contributed by atoms with van der Waals surface area (Å²) >= 11 is 0. The van der Waals surface area contributed by atoms with Gasteiger partial charge in [-0.05, 0) is 19.8 Å². The zero-order chi connectivity index (χ0) is 15.8. The van der Waals surface area contributed by atoms with Gasteiger partial charge in [0.15, 0.2) is 0 Å². The van der Waals surface area contributed by atoms with Crippen molar-refractivity contribution in [1.82, 2.24) is 0 Å². The number of aliphatic hydroxyl groups is 3. The van der Waals surface area contributed by atoms with Crippen LogP contribution in [0.4, 0.5) is 0 Å². The van der Waals surface area contributed by atoms with E-state index in [1.807, 2.05) is 6.92 Å². The van der Waals surface area contributed by atoms with Crippen LogP contribution >= 0.6 is 0 Å². The second-order valence-corrected chi connectivity index (χ2v) is 6.48. The van der Waals surface area contributed by atoms with Gasteiger partial charge in [0, 0.05) is 5.92 Å². The minimum Gasteiger partial charge on any atom is -0.390 e. The lowest BCUT2D eigenvalue weighted by Crippen LogP contribution is -2.56. The number of unbranched alkanes of at least 4 members (excludes halogenated alkanes) is 5. The highest BCUT2D eigenvalue weighted by Gasteiger charge is 2.44. The number of rotatable bonds is 9. The maximum atomic E-state index is 10.4. The van der Waals surface area contributed by atoms with Crippen molar-refractivity contribution >= 4 is 0 Å². The molecular weight excluding hydrogens is 268 g/mol. The minimum absolute atomic E-state index is 0.189. The molecule has 0 aromatic heterocycles. The van der Waals surface area contributed by atoms with Gasteiger partial charge in [-0.1, -0.05) is 52.4 Å². The van der Waals surface area contributed by atoms with E-state index in [1.54, 1.807) is 6.92 Å². The summed E-state index contributed by atoms with van der Waals surface area (Å²) in [4.78, 5) is 0. The molecule has 4 heteroatoms. The molecule has 3 N–H and O–H groups in total. The SMILES string of the molecule is CCCCCCCC[C@@H](O)C1OC(C)C(O)C(O)C1CC. The monoisotopic (exact) mass is 302 g/mol. The summed E-state index contributed by atoms with van der Waals surface area (Å²) in [5.41, 5.74) is 0. The van der Waals surface area contributed by atoms with Crippen molar-refractivity contribution in [3.8, 4) is 0 Å². The third-order valence-corrected chi connectivity index (χ3v) is 4.77. The van der Waals surface area contributed by atoms with Crippen LogP contribution in [0, 0.1) is 5.92 Å². The Morgan fingerprint density at radius 3 is 2.19 bits per heavy atom. The maximum absolute atomic E-state index is 10.4. The van der Waals surface area contributed by atoms with Crippen molar-refractivity contribution in [2.75, 3.05) is 0 Å². The molecule has 0 spiro atoms. The summed E-state index contributed by atoms with van der Waals surface area (Å²) in [5.74, 6) is -0.189. The van der Waals surface area contributed by atoms with Gasteiger partial charge in [-0.3, -0.25) is 0 Å². The van der Waals surface area contributed by atoms with Gasteiger partial charge in [-0.25, -0.2) is 0 Å². The predicted octanol–water partition coefficient (Wildman–Crippen LogP) is 2.63. The average molecular weight is 302 g/mol. The van der Waals surface area contributed by atoms with Gasteiger partial charge < -0.3 is 20.1 Å². The molecule has 5 unspecified atom stereocenters. The van der Waals surface area contributed by atoms with E-state index in [9.17, 15) is 15.3 Å². The van der Waals surface area contributed by atoms with E-state index in [4.69, 9.17) is 4.74 Å². The highest BCUT2D eigenvalue weighted by atomic mass is 16.5. The smallest absolute Gasteiger partial charge is 0.106 e. The first kappa shape index (κ1) is 18.9. The molecule has 0 aromatic carbocycles. The zero-order valence-corrected chi connectivity index (χ0v) is 13.9. The van der Waals surface area contributed by atoms with Crippen LogP contribution in [0.5, 0.6) is 0 Å². The quantitative estimate of drug-likeness (QED) is 0.573. The Labute approximate surface area is 129 Å². The molecule has 126 valence electrons. The van der Waals surface area contributed by atoms with Crippen LogP contribution in [0.1, 0.15) is 72.1 Å². The Hall–Kier alpha value is -0.160. The Balaban J connectivity index is 2.38. The summed E-state index contributed by atoms with van der Waals surface area (Å²) in [6.45, 7) is 5.92. The summed E-state index contributed by atoms with van der Waals surface area (Å²) in [6, 6.07) is 0. The number of ether oxygens (including phenoxy) is 1. The Morgan fingerprint density at radius 2 is 1.57 bits per heavy atom.